The van der Waals surface area contributed by atoms with E-state index in [0.717, 1.165) is 0 Å². The molecule has 0 aromatic carbocycles. The van der Waals surface area contributed by atoms with Crippen LogP contribution < -0.4 is 48.4 Å². The summed E-state index contributed by atoms with van der Waals surface area (Å²) in [5.74, 6) is 0. The van der Waals surface area contributed by atoms with E-state index in [1.807, 2.05) is 0 Å². The van der Waals surface area contributed by atoms with Crippen LogP contribution >= 0.6 is 0 Å². The van der Waals surface area contributed by atoms with Crippen LogP contribution in [0.1, 0.15) is 2.85 Å². The van der Waals surface area contributed by atoms with E-state index in [9.17, 15) is 0 Å². The quantitative estimate of drug-likeness (QED) is 0.388. The molecule has 0 bridgehead atoms. The second-order valence-corrected chi connectivity index (χ2v) is 0.346. The molecule has 0 unspecified atom stereocenters. The second kappa shape index (κ2) is 22.5. The van der Waals surface area contributed by atoms with E-state index < -0.39 is 7.32 Å². The van der Waals surface area contributed by atoms with Gasteiger partial charge in [-0.15, -0.1) is 0 Å². The molecule has 0 amide bonds. The molecule has 0 atom stereocenters. The number of rotatable bonds is 0. The normalized spacial score (nSPS) is 3.38. The van der Waals surface area contributed by atoms with Crippen molar-refractivity contribution >= 4 is 7.32 Å². The fourth-order valence-electron chi connectivity index (χ4n) is 0. The van der Waals surface area contributed by atoms with Crippen molar-refractivity contribution in [3.8, 4) is 0 Å². The molecule has 1 radical (unpaired) electrons. The van der Waals surface area contributed by atoms with E-state index in [2.05, 4.69) is 0 Å². The predicted molar refractivity (Wildman–Crippen MR) is 14.6 cm³/mol. The SMILES string of the molecule is OB(O)O.[Ce].[H-].[H-].[Li+].[Na+].[Y]. The van der Waals surface area contributed by atoms with Crippen LogP contribution in [-0.2, 0) is 32.7 Å². The van der Waals surface area contributed by atoms with E-state index >= 15 is 0 Å². The van der Waals surface area contributed by atoms with Gasteiger partial charge in [0, 0.05) is 74.5 Å². The van der Waals surface area contributed by atoms with Gasteiger partial charge in [-0.2, -0.15) is 0 Å². The summed E-state index contributed by atoms with van der Waals surface area (Å²) in [6.07, 6.45) is 0. The average Bonchev–Trinajstić information content (AvgIpc) is 0.811. The van der Waals surface area contributed by atoms with Gasteiger partial charge in [0.2, 0.25) is 0 Å². The van der Waals surface area contributed by atoms with E-state index in [-0.39, 0.29) is 126 Å². The largest absolute Gasteiger partial charge is 1.00 e. The van der Waals surface area contributed by atoms with Gasteiger partial charge >= 0.3 is 55.7 Å². The summed E-state index contributed by atoms with van der Waals surface area (Å²) < 4.78 is 0. The van der Waals surface area contributed by atoms with Crippen LogP contribution in [-0.4, -0.2) is 22.4 Å². The van der Waals surface area contributed by atoms with E-state index in [1.165, 1.54) is 0 Å². The fourth-order valence-corrected chi connectivity index (χ4v) is 0. The maximum Gasteiger partial charge on any atom is 1.00 e. The van der Waals surface area contributed by atoms with Crippen LogP contribution in [0.5, 0.6) is 0 Å². The first-order valence-corrected chi connectivity index (χ1v) is 0.775. The van der Waals surface area contributed by atoms with Gasteiger partial charge < -0.3 is 17.9 Å². The first-order valence-electron chi connectivity index (χ1n) is 0.775. The molecular weight excluding hydrogens is 318 g/mol. The first-order chi connectivity index (χ1) is 1.73. The van der Waals surface area contributed by atoms with Crippen LogP contribution in [0.4, 0.5) is 0 Å². The maximum absolute atomic E-state index is 7.17. The monoisotopic (exact) mass is 323 g/mol. The van der Waals surface area contributed by atoms with Gasteiger partial charge in [-0.3, -0.25) is 0 Å². The smallest absolute Gasteiger partial charge is 1.00 e. The Kier molecular flexibility index (Phi) is 83.1. The van der Waals surface area contributed by atoms with Crippen molar-refractivity contribution in [3.05, 3.63) is 0 Å². The third-order valence-corrected chi connectivity index (χ3v) is 0. The molecule has 0 spiro atoms. The van der Waals surface area contributed by atoms with Crippen molar-refractivity contribution < 1.29 is 141 Å². The van der Waals surface area contributed by atoms with Crippen molar-refractivity contribution in [1.29, 1.82) is 0 Å². The Bertz CT molecular complexity index is 31.2. The number of hydrogen-bond donors (Lipinski definition) is 3. The molecule has 0 aliphatic carbocycles. The molecule has 8 heavy (non-hydrogen) atoms. The summed E-state index contributed by atoms with van der Waals surface area (Å²) in [5, 5.41) is 21.5. The summed E-state index contributed by atoms with van der Waals surface area (Å²) in [7, 11) is -2.17. The maximum atomic E-state index is 7.17. The summed E-state index contributed by atoms with van der Waals surface area (Å²) in [6, 6.07) is 0. The molecule has 0 fully saturated rings. The van der Waals surface area contributed by atoms with Gasteiger partial charge in [0.1, 0.15) is 0 Å². The minimum absolute atomic E-state index is 0. The van der Waals surface area contributed by atoms with E-state index in [1.54, 1.807) is 0 Å². The summed E-state index contributed by atoms with van der Waals surface area (Å²) in [4.78, 5) is 0. The van der Waals surface area contributed by atoms with Gasteiger partial charge in [0.05, 0.1) is 0 Å². The zero-order valence-electron chi connectivity index (χ0n) is 7.00. The van der Waals surface area contributed by atoms with Gasteiger partial charge in [-0.05, 0) is 0 Å². The van der Waals surface area contributed by atoms with Crippen LogP contribution in [0.15, 0.2) is 0 Å². The topological polar surface area (TPSA) is 60.7 Å². The van der Waals surface area contributed by atoms with Crippen LogP contribution in [0.3, 0.4) is 0 Å². The molecule has 0 aromatic rings. The number of hydrogen-bond acceptors (Lipinski definition) is 3. The Morgan fingerprint density at radius 1 is 1.12 bits per heavy atom. The molecule has 0 aromatic heterocycles. The molecule has 0 aliphatic rings. The molecule has 0 heterocycles. The first kappa shape index (κ1) is 29.6. The standard InChI is InChI=1S/BH3O3.Ce.Li.Na.Y.2H/c2-1(3)4;;;;;;/h2-4H;;;;;;/q;;2*+1;;2*-1. The molecule has 3 nitrogen and oxygen atoms in total. The third-order valence-electron chi connectivity index (χ3n) is 0. The minimum Gasteiger partial charge on any atom is -1.00 e. The van der Waals surface area contributed by atoms with Crippen molar-refractivity contribution in [1.82, 2.24) is 0 Å². The molecule has 35 valence electrons. The Balaban J connectivity index is -0.00000000300. The van der Waals surface area contributed by atoms with Gasteiger partial charge in [-0.25, -0.2) is 0 Å². The Hall–Kier alpha value is 4.02. The van der Waals surface area contributed by atoms with Crippen molar-refractivity contribution in [3.63, 3.8) is 0 Å². The van der Waals surface area contributed by atoms with Gasteiger partial charge in [0.25, 0.3) is 0 Å². The van der Waals surface area contributed by atoms with Crippen LogP contribution in [0.2, 0.25) is 0 Å². The molecule has 8 heteroatoms. The fraction of sp³-hybridized carbons (Fsp3) is 0. The summed E-state index contributed by atoms with van der Waals surface area (Å²) >= 11 is 0. The van der Waals surface area contributed by atoms with E-state index in [4.69, 9.17) is 15.1 Å². The Labute approximate surface area is 145 Å². The molecule has 0 saturated carbocycles. The van der Waals surface area contributed by atoms with Crippen LogP contribution in [0, 0.1) is 41.7 Å². The molecule has 3 N–H and O–H groups in total. The molecule has 0 rings (SSSR count). The average molecular weight is 323 g/mol. The summed E-state index contributed by atoms with van der Waals surface area (Å²) in [5.41, 5.74) is 0. The van der Waals surface area contributed by atoms with Gasteiger partial charge in [-0.1, -0.05) is 0 Å². The minimum atomic E-state index is -2.17. The van der Waals surface area contributed by atoms with Crippen molar-refractivity contribution in [2.45, 2.75) is 0 Å². The zero-order valence-corrected chi connectivity index (χ0v) is 13.0. The molecular formula is H5BCeLiNaO3Y. The van der Waals surface area contributed by atoms with Crippen molar-refractivity contribution in [2.75, 3.05) is 0 Å². The van der Waals surface area contributed by atoms with Crippen molar-refractivity contribution in [2.24, 2.45) is 0 Å². The molecule has 0 saturated heterocycles. The third kappa shape index (κ3) is 50.4. The Morgan fingerprint density at radius 2 is 1.12 bits per heavy atom. The van der Waals surface area contributed by atoms with E-state index in [0.29, 0.717) is 0 Å². The Morgan fingerprint density at radius 3 is 1.12 bits per heavy atom. The van der Waals surface area contributed by atoms with Gasteiger partial charge in [0.15, 0.2) is 0 Å². The second-order valence-electron chi connectivity index (χ2n) is 0.346. The predicted octanol–water partition coefficient (Wildman–Crippen LogP) is -7.82. The summed E-state index contributed by atoms with van der Waals surface area (Å²) in [6.45, 7) is 0. The molecule has 0 aliphatic heterocycles. The van der Waals surface area contributed by atoms with Crippen LogP contribution in [0.25, 0.3) is 0 Å². The zero-order chi connectivity index (χ0) is 3.58.